The van der Waals surface area contributed by atoms with Crippen LogP contribution in [0.25, 0.3) is 0 Å². The van der Waals surface area contributed by atoms with Crippen LogP contribution < -0.4 is 0 Å². The Morgan fingerprint density at radius 2 is 2.17 bits per heavy atom. The molecule has 1 atom stereocenters. The van der Waals surface area contributed by atoms with Crippen LogP contribution in [0.5, 0.6) is 0 Å². The van der Waals surface area contributed by atoms with E-state index >= 15 is 0 Å². The van der Waals surface area contributed by atoms with Crippen molar-refractivity contribution in [3.8, 4) is 0 Å². The Kier molecular flexibility index (Phi) is 3.74. The van der Waals surface area contributed by atoms with Crippen LogP contribution in [-0.4, -0.2) is 32.0 Å². The largest absolute Gasteiger partial charge is 0.388 e. The maximum absolute atomic E-state index is 11.0. The summed E-state index contributed by atoms with van der Waals surface area (Å²) in [6, 6.07) is 0. The highest BCUT2D eigenvalue weighted by Crippen LogP contribution is 2.44. The predicted molar refractivity (Wildman–Crippen MR) is 77.3 cm³/mol. The first kappa shape index (κ1) is 14.2. The minimum Gasteiger partial charge on any atom is -0.388 e. The standard InChI is InChI=1S/C13H21ClN2OS/c1-9-11(14)10(16(4)15-9)7-13(17)8-18-6-5-12(13,2)3/h17H,5-8H2,1-4H3. The summed E-state index contributed by atoms with van der Waals surface area (Å²) >= 11 is 8.11. The first-order valence-electron chi connectivity index (χ1n) is 6.25. The third-order valence-electron chi connectivity index (χ3n) is 4.19. The van der Waals surface area contributed by atoms with Crippen molar-refractivity contribution in [2.24, 2.45) is 12.5 Å². The maximum atomic E-state index is 11.0. The molecule has 1 saturated heterocycles. The molecule has 18 heavy (non-hydrogen) atoms. The van der Waals surface area contributed by atoms with Gasteiger partial charge in [0.2, 0.25) is 0 Å². The van der Waals surface area contributed by atoms with E-state index in [2.05, 4.69) is 18.9 Å². The van der Waals surface area contributed by atoms with Gasteiger partial charge >= 0.3 is 0 Å². The van der Waals surface area contributed by atoms with Crippen LogP contribution in [0.1, 0.15) is 31.7 Å². The molecular formula is C13H21ClN2OS. The average molecular weight is 289 g/mol. The second kappa shape index (κ2) is 4.73. The molecule has 3 nitrogen and oxygen atoms in total. The number of aryl methyl sites for hydroxylation is 2. The number of rotatable bonds is 2. The number of aliphatic hydroxyl groups is 1. The smallest absolute Gasteiger partial charge is 0.0848 e. The molecule has 2 heterocycles. The van der Waals surface area contributed by atoms with Crippen molar-refractivity contribution in [3.05, 3.63) is 16.4 Å². The molecule has 1 aromatic rings. The molecule has 1 N–H and O–H groups in total. The van der Waals surface area contributed by atoms with Gasteiger partial charge in [-0.25, -0.2) is 0 Å². The second-order valence-electron chi connectivity index (χ2n) is 5.86. The summed E-state index contributed by atoms with van der Waals surface area (Å²) in [5, 5.41) is 16.0. The molecule has 5 heteroatoms. The van der Waals surface area contributed by atoms with Crippen LogP contribution >= 0.6 is 23.4 Å². The number of hydrogen-bond donors (Lipinski definition) is 1. The fourth-order valence-corrected chi connectivity index (χ4v) is 4.29. The molecule has 0 aromatic carbocycles. The quantitative estimate of drug-likeness (QED) is 0.909. The Hall–Kier alpha value is -0.190. The first-order valence-corrected chi connectivity index (χ1v) is 7.78. The van der Waals surface area contributed by atoms with Gasteiger partial charge in [-0.3, -0.25) is 4.68 Å². The van der Waals surface area contributed by atoms with E-state index < -0.39 is 5.60 Å². The van der Waals surface area contributed by atoms with E-state index in [9.17, 15) is 5.11 Å². The molecule has 0 amide bonds. The lowest BCUT2D eigenvalue weighted by Gasteiger charge is -2.46. The molecule has 0 radical (unpaired) electrons. The molecule has 0 saturated carbocycles. The summed E-state index contributed by atoms with van der Waals surface area (Å²) in [4.78, 5) is 0. The second-order valence-corrected chi connectivity index (χ2v) is 7.35. The Balaban J connectivity index is 2.32. The first-order chi connectivity index (χ1) is 8.27. The van der Waals surface area contributed by atoms with E-state index in [0.717, 1.165) is 29.3 Å². The monoisotopic (exact) mass is 288 g/mol. The average Bonchev–Trinajstić information content (AvgIpc) is 2.50. The van der Waals surface area contributed by atoms with Crippen molar-refractivity contribution in [2.45, 2.75) is 39.2 Å². The third-order valence-corrected chi connectivity index (χ3v) is 5.86. The van der Waals surface area contributed by atoms with Gasteiger partial charge in [-0.05, 0) is 24.5 Å². The highest BCUT2D eigenvalue weighted by molar-refractivity contribution is 7.99. The van der Waals surface area contributed by atoms with Crippen LogP contribution in [0.3, 0.4) is 0 Å². The number of hydrogen-bond acceptors (Lipinski definition) is 3. The molecule has 102 valence electrons. The van der Waals surface area contributed by atoms with E-state index in [4.69, 9.17) is 11.6 Å². The Morgan fingerprint density at radius 1 is 1.50 bits per heavy atom. The normalized spacial score (nSPS) is 27.4. The number of halogens is 1. The van der Waals surface area contributed by atoms with E-state index in [-0.39, 0.29) is 5.41 Å². The summed E-state index contributed by atoms with van der Waals surface area (Å²) in [6.45, 7) is 6.18. The van der Waals surface area contributed by atoms with Crippen LogP contribution in [0.4, 0.5) is 0 Å². The van der Waals surface area contributed by atoms with E-state index in [1.807, 2.05) is 25.7 Å². The van der Waals surface area contributed by atoms with Gasteiger partial charge < -0.3 is 5.11 Å². The fourth-order valence-electron chi connectivity index (χ4n) is 2.44. The molecule has 0 bridgehead atoms. The molecule has 1 aliphatic heterocycles. The van der Waals surface area contributed by atoms with Gasteiger partial charge in [0.15, 0.2) is 0 Å². The van der Waals surface area contributed by atoms with Gasteiger partial charge in [0.1, 0.15) is 0 Å². The van der Waals surface area contributed by atoms with E-state index in [0.29, 0.717) is 11.4 Å². The summed E-state index contributed by atoms with van der Waals surface area (Å²) in [5.74, 6) is 1.88. The van der Waals surface area contributed by atoms with E-state index in [1.54, 1.807) is 4.68 Å². The summed E-state index contributed by atoms with van der Waals surface area (Å²) in [6.07, 6.45) is 1.60. The number of thioether (sulfide) groups is 1. The van der Waals surface area contributed by atoms with Gasteiger partial charge in [-0.2, -0.15) is 16.9 Å². The molecular weight excluding hydrogens is 268 g/mol. The van der Waals surface area contributed by atoms with Gasteiger partial charge in [0, 0.05) is 19.2 Å². The Morgan fingerprint density at radius 3 is 2.67 bits per heavy atom. The SMILES string of the molecule is Cc1nn(C)c(CC2(O)CSCCC2(C)C)c1Cl. The molecule has 0 aliphatic carbocycles. The zero-order valence-electron chi connectivity index (χ0n) is 11.5. The minimum atomic E-state index is -0.709. The highest BCUT2D eigenvalue weighted by atomic mass is 35.5. The van der Waals surface area contributed by atoms with Gasteiger partial charge in [0.25, 0.3) is 0 Å². The highest BCUT2D eigenvalue weighted by Gasteiger charge is 2.46. The van der Waals surface area contributed by atoms with Crippen molar-refractivity contribution >= 4 is 23.4 Å². The molecule has 1 fully saturated rings. The Labute approximate surface area is 118 Å². The summed E-state index contributed by atoms with van der Waals surface area (Å²) in [7, 11) is 1.89. The van der Waals surface area contributed by atoms with Gasteiger partial charge in [-0.1, -0.05) is 25.4 Å². The number of aromatic nitrogens is 2. The van der Waals surface area contributed by atoms with Crippen molar-refractivity contribution < 1.29 is 5.11 Å². The van der Waals surface area contributed by atoms with Crippen LogP contribution in [-0.2, 0) is 13.5 Å². The molecule has 1 aromatic heterocycles. The zero-order valence-corrected chi connectivity index (χ0v) is 13.0. The zero-order chi connectivity index (χ0) is 13.6. The summed E-state index contributed by atoms with van der Waals surface area (Å²) in [5.41, 5.74) is 0.978. The predicted octanol–water partition coefficient (Wildman–Crippen LogP) is 2.82. The molecule has 0 spiro atoms. The summed E-state index contributed by atoms with van der Waals surface area (Å²) < 4.78 is 1.80. The maximum Gasteiger partial charge on any atom is 0.0848 e. The van der Waals surface area contributed by atoms with Crippen LogP contribution in [0.15, 0.2) is 0 Å². The van der Waals surface area contributed by atoms with Gasteiger partial charge in [0.05, 0.1) is 22.0 Å². The molecule has 1 unspecified atom stereocenters. The third kappa shape index (κ3) is 2.30. The molecule has 2 rings (SSSR count). The molecule has 1 aliphatic rings. The van der Waals surface area contributed by atoms with Crippen LogP contribution in [0, 0.1) is 12.3 Å². The lowest BCUT2D eigenvalue weighted by Crippen LogP contribution is -2.51. The van der Waals surface area contributed by atoms with E-state index in [1.165, 1.54) is 0 Å². The van der Waals surface area contributed by atoms with Crippen molar-refractivity contribution in [1.82, 2.24) is 9.78 Å². The Bertz CT molecular complexity index is 458. The van der Waals surface area contributed by atoms with Crippen molar-refractivity contribution in [3.63, 3.8) is 0 Å². The lowest BCUT2D eigenvalue weighted by molar-refractivity contribution is -0.0525. The minimum absolute atomic E-state index is 0.0836. The van der Waals surface area contributed by atoms with Gasteiger partial charge in [-0.15, -0.1) is 0 Å². The number of nitrogens with zero attached hydrogens (tertiary/aromatic N) is 2. The van der Waals surface area contributed by atoms with Crippen molar-refractivity contribution in [2.75, 3.05) is 11.5 Å². The topological polar surface area (TPSA) is 38.0 Å². The fraction of sp³-hybridized carbons (Fsp3) is 0.769. The lowest BCUT2D eigenvalue weighted by atomic mass is 9.71. The van der Waals surface area contributed by atoms with Crippen molar-refractivity contribution in [1.29, 1.82) is 0 Å². The van der Waals surface area contributed by atoms with Crippen LogP contribution in [0.2, 0.25) is 5.02 Å².